The average Bonchev–Trinajstić information content (AvgIpc) is 2.63. The van der Waals surface area contributed by atoms with E-state index < -0.39 is 12.0 Å². The molecule has 2 amide bonds. The van der Waals surface area contributed by atoms with E-state index >= 15 is 0 Å². The molecule has 1 aliphatic rings. The molecule has 1 aromatic rings. The highest BCUT2D eigenvalue weighted by atomic mass is 16.4. The summed E-state index contributed by atoms with van der Waals surface area (Å²) < 4.78 is 0. The highest BCUT2D eigenvalue weighted by molar-refractivity contribution is 5.99. The van der Waals surface area contributed by atoms with Gasteiger partial charge in [0.1, 0.15) is 6.04 Å². The molecule has 0 bridgehead atoms. The van der Waals surface area contributed by atoms with Crippen molar-refractivity contribution in [2.45, 2.75) is 44.6 Å². The quantitative estimate of drug-likeness (QED) is 0.841. The highest BCUT2D eigenvalue weighted by Gasteiger charge is 2.35. The Morgan fingerprint density at radius 1 is 1.10 bits per heavy atom. The molecule has 1 N–H and O–H groups in total. The Hall–Kier alpha value is -2.17. The van der Waals surface area contributed by atoms with Gasteiger partial charge in [0.25, 0.3) is 0 Å². The molecular weight excluding hydrogens is 270 g/mol. The van der Waals surface area contributed by atoms with E-state index in [1.54, 1.807) is 0 Å². The third-order valence-corrected chi connectivity index (χ3v) is 3.71. The number of rotatable bonds is 5. The lowest BCUT2D eigenvalue weighted by molar-refractivity contribution is -0.157. The van der Waals surface area contributed by atoms with E-state index in [1.807, 2.05) is 30.3 Å². The van der Waals surface area contributed by atoms with E-state index in [4.69, 9.17) is 0 Å². The maximum Gasteiger partial charge on any atom is 0.326 e. The summed E-state index contributed by atoms with van der Waals surface area (Å²) in [6.07, 6.45) is 2.56. The van der Waals surface area contributed by atoms with Crippen molar-refractivity contribution in [3.05, 3.63) is 35.9 Å². The van der Waals surface area contributed by atoms with Crippen molar-refractivity contribution in [2.24, 2.45) is 0 Å². The first-order chi connectivity index (χ1) is 10.1. The summed E-state index contributed by atoms with van der Waals surface area (Å²) in [5, 5.41) is 9.38. The van der Waals surface area contributed by atoms with Crippen LogP contribution >= 0.6 is 0 Å². The fourth-order valence-corrected chi connectivity index (χ4v) is 2.59. The third kappa shape index (κ3) is 3.90. The van der Waals surface area contributed by atoms with Crippen molar-refractivity contribution in [1.82, 2.24) is 4.90 Å². The average molecular weight is 289 g/mol. The molecule has 21 heavy (non-hydrogen) atoms. The summed E-state index contributed by atoms with van der Waals surface area (Å²) in [7, 11) is 0. The van der Waals surface area contributed by atoms with Crippen LogP contribution in [0.1, 0.15) is 37.7 Å². The van der Waals surface area contributed by atoms with Gasteiger partial charge in [-0.15, -0.1) is 0 Å². The lowest BCUT2D eigenvalue weighted by Gasteiger charge is -2.26. The van der Waals surface area contributed by atoms with Crippen molar-refractivity contribution < 1.29 is 19.5 Å². The van der Waals surface area contributed by atoms with Gasteiger partial charge >= 0.3 is 5.97 Å². The molecule has 5 heteroatoms. The van der Waals surface area contributed by atoms with Crippen molar-refractivity contribution in [2.75, 3.05) is 0 Å². The van der Waals surface area contributed by atoms with Gasteiger partial charge in [-0.05, 0) is 31.2 Å². The van der Waals surface area contributed by atoms with Crippen molar-refractivity contribution in [3.63, 3.8) is 0 Å². The van der Waals surface area contributed by atoms with Crippen LogP contribution in [0.5, 0.6) is 0 Å². The standard InChI is InChI=1S/C16H19NO4/c18-14-8-4-5-9-15(19)17(14)13(16(20)21)11-10-12-6-2-1-3-7-12/h1-3,6-7,13H,4-5,8-11H2,(H,20,21). The second kappa shape index (κ2) is 7.02. The number of hydrogen-bond acceptors (Lipinski definition) is 3. The van der Waals surface area contributed by atoms with Crippen LogP contribution in [0.2, 0.25) is 0 Å². The predicted molar refractivity (Wildman–Crippen MR) is 76.5 cm³/mol. The molecule has 1 saturated heterocycles. The molecule has 1 heterocycles. The Morgan fingerprint density at radius 2 is 1.67 bits per heavy atom. The number of amides is 2. The predicted octanol–water partition coefficient (Wildman–Crippen LogP) is 2.00. The second-order valence-electron chi connectivity index (χ2n) is 5.24. The normalized spacial score (nSPS) is 17.4. The number of carbonyl (C=O) groups is 3. The summed E-state index contributed by atoms with van der Waals surface area (Å²) in [6, 6.07) is 8.40. The van der Waals surface area contributed by atoms with E-state index in [-0.39, 0.29) is 31.1 Å². The Bertz CT molecular complexity index is 508. The first-order valence-corrected chi connectivity index (χ1v) is 7.21. The van der Waals surface area contributed by atoms with Crippen LogP contribution in [0.4, 0.5) is 0 Å². The minimum absolute atomic E-state index is 0.247. The molecule has 1 aromatic carbocycles. The molecule has 1 atom stereocenters. The molecule has 0 aliphatic carbocycles. The highest BCUT2D eigenvalue weighted by Crippen LogP contribution is 2.19. The fraction of sp³-hybridized carbons (Fsp3) is 0.438. The van der Waals surface area contributed by atoms with Crippen LogP contribution in [0.15, 0.2) is 30.3 Å². The maximum atomic E-state index is 12.0. The molecule has 2 rings (SSSR count). The Kier molecular flexibility index (Phi) is 5.09. The van der Waals surface area contributed by atoms with Gasteiger partial charge in [-0.1, -0.05) is 30.3 Å². The minimum Gasteiger partial charge on any atom is -0.480 e. The summed E-state index contributed by atoms with van der Waals surface area (Å²) in [4.78, 5) is 36.5. The van der Waals surface area contributed by atoms with Gasteiger partial charge in [-0.25, -0.2) is 4.79 Å². The zero-order valence-corrected chi connectivity index (χ0v) is 11.8. The number of carboxylic acid groups (broad SMARTS) is 1. The number of carbonyl (C=O) groups excluding carboxylic acids is 2. The number of likely N-dealkylation sites (tertiary alicyclic amines) is 1. The number of imide groups is 1. The van der Waals surface area contributed by atoms with Gasteiger partial charge in [0.05, 0.1) is 0 Å². The van der Waals surface area contributed by atoms with Gasteiger partial charge < -0.3 is 5.11 Å². The van der Waals surface area contributed by atoms with E-state index in [9.17, 15) is 19.5 Å². The monoisotopic (exact) mass is 289 g/mol. The lowest BCUT2D eigenvalue weighted by atomic mass is 10.0. The molecule has 0 aromatic heterocycles. The summed E-state index contributed by atoms with van der Waals surface area (Å²) in [5.41, 5.74) is 0.999. The Labute approximate surface area is 123 Å². The van der Waals surface area contributed by atoms with Crippen LogP contribution in [0, 0.1) is 0 Å². The molecule has 0 radical (unpaired) electrons. The zero-order valence-electron chi connectivity index (χ0n) is 11.8. The first kappa shape index (κ1) is 15.2. The molecule has 0 saturated carbocycles. The van der Waals surface area contributed by atoms with E-state index in [0.29, 0.717) is 19.3 Å². The largest absolute Gasteiger partial charge is 0.480 e. The van der Waals surface area contributed by atoms with Crippen molar-refractivity contribution >= 4 is 17.8 Å². The molecule has 1 unspecified atom stereocenters. The van der Waals surface area contributed by atoms with Crippen LogP contribution in [0.3, 0.4) is 0 Å². The van der Waals surface area contributed by atoms with Gasteiger partial charge in [-0.3, -0.25) is 14.5 Å². The van der Waals surface area contributed by atoms with E-state index in [0.717, 1.165) is 10.5 Å². The molecule has 112 valence electrons. The molecular formula is C16H19NO4. The summed E-state index contributed by atoms with van der Waals surface area (Å²) in [6.45, 7) is 0. The Balaban J connectivity index is 2.12. The van der Waals surface area contributed by atoms with Crippen LogP contribution < -0.4 is 0 Å². The van der Waals surface area contributed by atoms with E-state index in [1.165, 1.54) is 0 Å². The summed E-state index contributed by atoms with van der Waals surface area (Å²) in [5.74, 6) is -1.84. The maximum absolute atomic E-state index is 12.0. The number of aliphatic carboxylic acids is 1. The van der Waals surface area contributed by atoms with Gasteiger partial charge in [0, 0.05) is 12.8 Å². The van der Waals surface area contributed by atoms with Crippen molar-refractivity contribution in [1.29, 1.82) is 0 Å². The third-order valence-electron chi connectivity index (χ3n) is 3.71. The fourth-order valence-electron chi connectivity index (χ4n) is 2.59. The summed E-state index contributed by atoms with van der Waals surface area (Å²) >= 11 is 0. The number of carboxylic acids is 1. The van der Waals surface area contributed by atoms with E-state index in [2.05, 4.69) is 0 Å². The van der Waals surface area contributed by atoms with Crippen LogP contribution in [-0.4, -0.2) is 33.8 Å². The zero-order chi connectivity index (χ0) is 15.2. The molecule has 1 aliphatic heterocycles. The number of nitrogens with zero attached hydrogens (tertiary/aromatic N) is 1. The molecule has 0 spiro atoms. The topological polar surface area (TPSA) is 74.7 Å². The van der Waals surface area contributed by atoms with Gasteiger partial charge in [0.2, 0.25) is 11.8 Å². The molecule has 1 fully saturated rings. The van der Waals surface area contributed by atoms with Crippen LogP contribution in [0.25, 0.3) is 0 Å². The molecule has 5 nitrogen and oxygen atoms in total. The number of aryl methyl sites for hydroxylation is 1. The van der Waals surface area contributed by atoms with Gasteiger partial charge in [-0.2, -0.15) is 0 Å². The number of benzene rings is 1. The SMILES string of the molecule is O=C(O)C(CCc1ccccc1)N1C(=O)CCCCC1=O. The van der Waals surface area contributed by atoms with Crippen molar-refractivity contribution in [3.8, 4) is 0 Å². The number of hydrogen-bond donors (Lipinski definition) is 1. The Morgan fingerprint density at radius 3 is 2.19 bits per heavy atom. The smallest absolute Gasteiger partial charge is 0.326 e. The lowest BCUT2D eigenvalue weighted by Crippen LogP contribution is -2.48. The van der Waals surface area contributed by atoms with Gasteiger partial charge in [0.15, 0.2) is 0 Å². The first-order valence-electron chi connectivity index (χ1n) is 7.21. The minimum atomic E-state index is -1.12. The second-order valence-corrected chi connectivity index (χ2v) is 5.24. The van der Waals surface area contributed by atoms with Crippen LogP contribution in [-0.2, 0) is 20.8 Å².